The summed E-state index contributed by atoms with van der Waals surface area (Å²) >= 11 is 0. The van der Waals surface area contributed by atoms with Gasteiger partial charge in [0, 0.05) is 12.6 Å². The molecule has 0 amide bonds. The molecule has 0 aliphatic carbocycles. The molecule has 23 heavy (non-hydrogen) atoms. The summed E-state index contributed by atoms with van der Waals surface area (Å²) < 4.78 is 34.1. The smallest absolute Gasteiger partial charge is 0.330 e. The second-order valence-electron chi connectivity index (χ2n) is 5.11. The lowest BCUT2D eigenvalue weighted by molar-refractivity contribution is 0.415. The van der Waals surface area contributed by atoms with Gasteiger partial charge in [-0.1, -0.05) is 24.3 Å². The van der Waals surface area contributed by atoms with Gasteiger partial charge in [0.05, 0.1) is 24.2 Å². The molecule has 5 nitrogen and oxygen atoms in total. The highest BCUT2D eigenvalue weighted by molar-refractivity contribution is 7.95. The highest BCUT2D eigenvalue weighted by atomic mass is 32.2. The Morgan fingerprint density at radius 2 is 1.87 bits per heavy atom. The highest BCUT2D eigenvalue weighted by Gasteiger charge is 2.40. The maximum Gasteiger partial charge on any atom is 0.330 e. The zero-order valence-corrected chi connectivity index (χ0v) is 13.7. The van der Waals surface area contributed by atoms with Crippen LogP contribution >= 0.6 is 0 Å². The molecule has 120 valence electrons. The lowest BCUT2D eigenvalue weighted by atomic mass is 10.2. The first-order chi connectivity index (χ1) is 11.1. The van der Waals surface area contributed by atoms with Crippen LogP contribution in [0.3, 0.4) is 0 Å². The molecule has 0 unspecified atom stereocenters. The molecule has 1 heterocycles. The van der Waals surface area contributed by atoms with Crippen molar-refractivity contribution in [2.45, 2.75) is 6.42 Å². The minimum atomic E-state index is -3.67. The zero-order valence-electron chi connectivity index (χ0n) is 12.8. The molecule has 2 aromatic carbocycles. The van der Waals surface area contributed by atoms with E-state index in [4.69, 9.17) is 4.74 Å². The molecular weight excluding hydrogens is 312 g/mol. The minimum absolute atomic E-state index is 0.364. The number of fused-ring (bicyclic) bond motifs is 1. The van der Waals surface area contributed by atoms with Gasteiger partial charge in [-0.15, -0.1) is 6.58 Å². The van der Waals surface area contributed by atoms with Crippen LogP contribution < -0.4 is 13.3 Å². The van der Waals surface area contributed by atoms with E-state index in [1.165, 1.54) is 8.61 Å². The van der Waals surface area contributed by atoms with Crippen LogP contribution in [-0.2, 0) is 10.2 Å². The Kier molecular flexibility index (Phi) is 4.00. The van der Waals surface area contributed by atoms with Crippen LogP contribution in [0.25, 0.3) is 0 Å². The van der Waals surface area contributed by atoms with Gasteiger partial charge in [-0.3, -0.25) is 4.31 Å². The average Bonchev–Trinajstić information content (AvgIpc) is 2.79. The fourth-order valence-corrected chi connectivity index (χ4v) is 4.37. The normalized spacial score (nSPS) is 15.3. The Hall–Kier alpha value is -2.47. The Morgan fingerprint density at radius 1 is 1.13 bits per heavy atom. The standard InChI is InChI=1S/C17H18N2O3S/c1-3-4-12-18-16-10-5-6-11-17(16)19(23(18,20)21)14-8-7-9-15(13-14)22-2/h3,5-11,13H,1,4,12H2,2H3. The first kappa shape index (κ1) is 15.4. The van der Waals surface area contributed by atoms with Crippen molar-refractivity contribution >= 4 is 27.3 Å². The Morgan fingerprint density at radius 3 is 2.57 bits per heavy atom. The number of nitrogens with zero attached hydrogens (tertiary/aromatic N) is 2. The van der Waals surface area contributed by atoms with Crippen molar-refractivity contribution in [1.82, 2.24) is 0 Å². The van der Waals surface area contributed by atoms with Crippen molar-refractivity contribution in [1.29, 1.82) is 0 Å². The molecule has 0 spiro atoms. The number of ether oxygens (including phenoxy) is 1. The predicted molar refractivity (Wildman–Crippen MR) is 92.7 cm³/mol. The van der Waals surface area contributed by atoms with E-state index < -0.39 is 10.2 Å². The Bertz CT molecular complexity index is 833. The molecule has 0 saturated heterocycles. The number of benzene rings is 2. The topological polar surface area (TPSA) is 49.9 Å². The van der Waals surface area contributed by atoms with Crippen molar-refractivity contribution in [2.24, 2.45) is 0 Å². The molecule has 0 saturated carbocycles. The van der Waals surface area contributed by atoms with E-state index in [2.05, 4.69) is 6.58 Å². The lowest BCUT2D eigenvalue weighted by Crippen LogP contribution is -2.35. The van der Waals surface area contributed by atoms with Crippen molar-refractivity contribution in [3.05, 3.63) is 61.2 Å². The summed E-state index contributed by atoms with van der Waals surface area (Å²) in [7, 11) is -2.12. The fraction of sp³-hybridized carbons (Fsp3) is 0.176. The number of hydrogen-bond donors (Lipinski definition) is 0. The van der Waals surface area contributed by atoms with Gasteiger partial charge in [-0.05, 0) is 30.7 Å². The second kappa shape index (κ2) is 5.96. The third-order valence-electron chi connectivity index (χ3n) is 3.70. The van der Waals surface area contributed by atoms with E-state index in [0.29, 0.717) is 35.8 Å². The van der Waals surface area contributed by atoms with Gasteiger partial charge in [0.2, 0.25) is 0 Å². The van der Waals surface area contributed by atoms with Crippen molar-refractivity contribution in [2.75, 3.05) is 22.3 Å². The summed E-state index contributed by atoms with van der Waals surface area (Å²) in [5.74, 6) is 0.611. The molecule has 0 aromatic heterocycles. The lowest BCUT2D eigenvalue weighted by Gasteiger charge is -2.21. The number of methoxy groups -OCH3 is 1. The zero-order chi connectivity index (χ0) is 16.4. The maximum atomic E-state index is 13.0. The van der Waals surface area contributed by atoms with E-state index >= 15 is 0 Å². The minimum Gasteiger partial charge on any atom is -0.497 e. The van der Waals surface area contributed by atoms with Crippen molar-refractivity contribution < 1.29 is 13.2 Å². The van der Waals surface area contributed by atoms with Gasteiger partial charge in [0.15, 0.2) is 0 Å². The van der Waals surface area contributed by atoms with Crippen LogP contribution in [0.2, 0.25) is 0 Å². The Balaban J connectivity index is 2.14. The van der Waals surface area contributed by atoms with Gasteiger partial charge >= 0.3 is 10.2 Å². The molecule has 1 aliphatic rings. The SMILES string of the molecule is C=CCCN1c2ccccc2N(c2cccc(OC)c2)S1(=O)=O. The largest absolute Gasteiger partial charge is 0.497 e. The summed E-state index contributed by atoms with van der Waals surface area (Å²) in [4.78, 5) is 0. The third-order valence-corrected chi connectivity index (χ3v) is 5.51. The van der Waals surface area contributed by atoms with E-state index in [0.717, 1.165) is 0 Å². The van der Waals surface area contributed by atoms with E-state index in [-0.39, 0.29) is 0 Å². The molecule has 6 heteroatoms. The predicted octanol–water partition coefficient (Wildman–Crippen LogP) is 3.47. The van der Waals surface area contributed by atoms with Gasteiger partial charge in [0.25, 0.3) is 0 Å². The first-order valence-electron chi connectivity index (χ1n) is 7.26. The molecule has 3 rings (SSSR count). The molecule has 0 atom stereocenters. The summed E-state index contributed by atoms with van der Waals surface area (Å²) in [5, 5.41) is 0. The van der Waals surface area contributed by atoms with Crippen LogP contribution in [0, 0.1) is 0 Å². The molecule has 0 radical (unpaired) electrons. The highest BCUT2D eigenvalue weighted by Crippen LogP contribution is 2.45. The number of para-hydroxylation sites is 2. The first-order valence-corrected chi connectivity index (χ1v) is 8.66. The van der Waals surface area contributed by atoms with Gasteiger partial charge < -0.3 is 4.74 Å². The summed E-state index contributed by atoms with van der Waals surface area (Å²) in [5.41, 5.74) is 1.87. The summed E-state index contributed by atoms with van der Waals surface area (Å²) in [6.07, 6.45) is 2.30. The van der Waals surface area contributed by atoms with E-state index in [1.807, 2.05) is 18.2 Å². The summed E-state index contributed by atoms with van der Waals surface area (Å²) in [6, 6.07) is 14.3. The van der Waals surface area contributed by atoms with Gasteiger partial charge in [-0.25, -0.2) is 4.31 Å². The van der Waals surface area contributed by atoms with Crippen molar-refractivity contribution in [3.8, 4) is 5.75 Å². The summed E-state index contributed by atoms with van der Waals surface area (Å²) in [6.45, 7) is 4.04. The molecule has 0 bridgehead atoms. The maximum absolute atomic E-state index is 13.0. The van der Waals surface area contributed by atoms with E-state index in [1.54, 1.807) is 43.5 Å². The molecule has 0 fully saturated rings. The monoisotopic (exact) mass is 330 g/mol. The van der Waals surface area contributed by atoms with Crippen LogP contribution in [-0.4, -0.2) is 22.1 Å². The number of anilines is 3. The van der Waals surface area contributed by atoms with Crippen molar-refractivity contribution in [3.63, 3.8) is 0 Å². The fourth-order valence-electron chi connectivity index (χ4n) is 2.65. The van der Waals surface area contributed by atoms with Gasteiger partial charge in [0.1, 0.15) is 5.75 Å². The van der Waals surface area contributed by atoms with Crippen LogP contribution in [0.5, 0.6) is 5.75 Å². The number of hydrogen-bond acceptors (Lipinski definition) is 3. The number of rotatable bonds is 5. The second-order valence-corrected chi connectivity index (χ2v) is 6.81. The average molecular weight is 330 g/mol. The Labute approximate surface area is 136 Å². The van der Waals surface area contributed by atoms with Crippen LogP contribution in [0.15, 0.2) is 61.2 Å². The molecule has 2 aromatic rings. The molecule has 1 aliphatic heterocycles. The molecular formula is C17H18N2O3S. The quantitative estimate of drug-likeness (QED) is 0.789. The third kappa shape index (κ3) is 2.55. The van der Waals surface area contributed by atoms with E-state index in [9.17, 15) is 8.42 Å². The van der Waals surface area contributed by atoms with Gasteiger partial charge in [-0.2, -0.15) is 8.42 Å². The van der Waals surface area contributed by atoms with Crippen LogP contribution in [0.1, 0.15) is 6.42 Å². The van der Waals surface area contributed by atoms with Crippen LogP contribution in [0.4, 0.5) is 17.1 Å². The molecule has 0 N–H and O–H groups in total.